The summed E-state index contributed by atoms with van der Waals surface area (Å²) in [6.45, 7) is 1.96. The van der Waals surface area contributed by atoms with E-state index >= 15 is 0 Å². The summed E-state index contributed by atoms with van der Waals surface area (Å²) in [5, 5.41) is 10.1. The fourth-order valence-electron chi connectivity index (χ4n) is 1.70. The fraction of sp³-hybridized carbons (Fsp3) is 0.333. The first kappa shape index (κ1) is 12.9. The van der Waals surface area contributed by atoms with Crippen molar-refractivity contribution in [1.82, 2.24) is 0 Å². The van der Waals surface area contributed by atoms with Crippen LogP contribution in [-0.4, -0.2) is 5.11 Å². The van der Waals surface area contributed by atoms with E-state index < -0.39 is 11.9 Å². The Morgan fingerprint density at radius 3 is 2.88 bits per heavy atom. The minimum atomic E-state index is -0.711. The summed E-state index contributed by atoms with van der Waals surface area (Å²) in [7, 11) is 0. The van der Waals surface area contributed by atoms with Gasteiger partial charge in [0, 0.05) is 0 Å². The Kier molecular flexibility index (Phi) is 3.76. The highest BCUT2D eigenvalue weighted by Crippen LogP contribution is 2.36. The molecule has 0 aliphatic rings. The van der Waals surface area contributed by atoms with Crippen molar-refractivity contribution in [3.8, 4) is 0 Å². The molecule has 5 heteroatoms. The molecule has 1 unspecified atom stereocenters. The summed E-state index contributed by atoms with van der Waals surface area (Å²) in [6, 6.07) is 2.94. The number of aliphatic hydroxyl groups excluding tert-OH is 1. The summed E-state index contributed by atoms with van der Waals surface area (Å²) in [5.41, 5.74) is 0.372. The van der Waals surface area contributed by atoms with Crippen molar-refractivity contribution in [2.75, 3.05) is 0 Å². The van der Waals surface area contributed by atoms with Gasteiger partial charge in [0.15, 0.2) is 11.4 Å². The van der Waals surface area contributed by atoms with Gasteiger partial charge < -0.3 is 9.52 Å². The van der Waals surface area contributed by atoms with Crippen LogP contribution in [0.25, 0.3) is 11.0 Å². The minimum absolute atomic E-state index is 0.0294. The van der Waals surface area contributed by atoms with E-state index in [4.69, 9.17) is 16.0 Å². The number of rotatable bonds is 3. The zero-order valence-corrected chi connectivity index (χ0v) is 11.5. The van der Waals surface area contributed by atoms with Gasteiger partial charge in [-0.25, -0.2) is 4.39 Å². The summed E-state index contributed by atoms with van der Waals surface area (Å²) in [6.07, 6.45) is 0.688. The molecule has 2 rings (SSSR count). The van der Waals surface area contributed by atoms with E-state index in [0.29, 0.717) is 22.2 Å². The molecule has 0 fully saturated rings. The number of aliphatic hydroxyl groups is 1. The maximum atomic E-state index is 13.7. The Labute approximate surface area is 111 Å². The van der Waals surface area contributed by atoms with Crippen LogP contribution in [0.2, 0.25) is 5.02 Å². The molecule has 1 aromatic heterocycles. The van der Waals surface area contributed by atoms with Crippen LogP contribution in [0.5, 0.6) is 0 Å². The first-order valence-electron chi connectivity index (χ1n) is 5.29. The normalized spacial score (nSPS) is 13.2. The molecular weight excluding hydrogens is 310 g/mol. The number of hydrogen-bond acceptors (Lipinski definition) is 2. The lowest BCUT2D eigenvalue weighted by molar-refractivity contribution is 0.141. The zero-order valence-electron chi connectivity index (χ0n) is 9.14. The number of fused-ring (bicyclic) bond motifs is 1. The third-order valence-electron chi connectivity index (χ3n) is 2.56. The van der Waals surface area contributed by atoms with Gasteiger partial charge in [0.25, 0.3) is 0 Å². The van der Waals surface area contributed by atoms with Gasteiger partial charge in [-0.1, -0.05) is 24.9 Å². The van der Waals surface area contributed by atoms with Crippen molar-refractivity contribution in [1.29, 1.82) is 0 Å². The van der Waals surface area contributed by atoms with Gasteiger partial charge in [-0.15, -0.1) is 0 Å². The van der Waals surface area contributed by atoms with E-state index in [2.05, 4.69) is 15.9 Å². The van der Waals surface area contributed by atoms with Crippen molar-refractivity contribution in [3.05, 3.63) is 33.2 Å². The number of furan rings is 1. The molecule has 0 bridgehead atoms. The molecule has 92 valence electrons. The number of benzene rings is 1. The van der Waals surface area contributed by atoms with E-state index in [0.717, 1.165) is 6.42 Å². The average Bonchev–Trinajstić information content (AvgIpc) is 2.72. The molecule has 1 heterocycles. The van der Waals surface area contributed by atoms with Gasteiger partial charge in [-0.05, 0) is 34.5 Å². The lowest BCUT2D eigenvalue weighted by atomic mass is 10.1. The predicted molar refractivity (Wildman–Crippen MR) is 68.7 cm³/mol. The minimum Gasteiger partial charge on any atom is -0.457 e. The fourth-order valence-corrected chi connectivity index (χ4v) is 2.57. The Bertz CT molecular complexity index is 553. The van der Waals surface area contributed by atoms with Gasteiger partial charge in [0.1, 0.15) is 11.9 Å². The molecule has 2 aromatic rings. The van der Waals surface area contributed by atoms with Crippen LogP contribution in [0.1, 0.15) is 31.6 Å². The quantitative estimate of drug-likeness (QED) is 0.822. The molecule has 0 spiro atoms. The average molecular weight is 322 g/mol. The maximum Gasteiger partial charge on any atom is 0.152 e. The highest BCUT2D eigenvalue weighted by atomic mass is 79.9. The van der Waals surface area contributed by atoms with E-state index in [1.807, 2.05) is 6.92 Å². The van der Waals surface area contributed by atoms with E-state index in [1.54, 1.807) is 0 Å². The highest BCUT2D eigenvalue weighted by Gasteiger charge is 2.18. The summed E-state index contributed by atoms with van der Waals surface area (Å²) in [4.78, 5) is 0. The molecule has 0 aliphatic heterocycles. The lowest BCUT2D eigenvalue weighted by Crippen LogP contribution is -1.93. The van der Waals surface area contributed by atoms with Crippen LogP contribution < -0.4 is 0 Å². The van der Waals surface area contributed by atoms with E-state index in [-0.39, 0.29) is 10.4 Å². The Balaban J connectivity index is 2.57. The van der Waals surface area contributed by atoms with Crippen LogP contribution in [0.3, 0.4) is 0 Å². The van der Waals surface area contributed by atoms with Gasteiger partial charge in [0.05, 0.1) is 14.9 Å². The molecule has 0 saturated heterocycles. The van der Waals surface area contributed by atoms with Crippen molar-refractivity contribution < 1.29 is 13.9 Å². The van der Waals surface area contributed by atoms with Crippen LogP contribution in [0.15, 0.2) is 21.0 Å². The highest BCUT2D eigenvalue weighted by molar-refractivity contribution is 9.10. The Hall–Kier alpha value is -0.580. The molecule has 0 saturated carbocycles. The molecule has 1 aromatic carbocycles. The summed E-state index contributed by atoms with van der Waals surface area (Å²) in [5.74, 6) is -0.160. The Morgan fingerprint density at radius 2 is 2.24 bits per heavy atom. The van der Waals surface area contributed by atoms with Crippen molar-refractivity contribution in [2.45, 2.75) is 25.9 Å². The molecular formula is C12H11BrClFO2. The van der Waals surface area contributed by atoms with Crippen LogP contribution >= 0.6 is 27.5 Å². The van der Waals surface area contributed by atoms with Gasteiger partial charge >= 0.3 is 0 Å². The molecule has 2 nitrogen and oxygen atoms in total. The van der Waals surface area contributed by atoms with Crippen LogP contribution in [0, 0.1) is 5.82 Å². The van der Waals surface area contributed by atoms with Crippen molar-refractivity contribution in [3.63, 3.8) is 0 Å². The largest absolute Gasteiger partial charge is 0.457 e. The molecule has 0 amide bonds. The Morgan fingerprint density at radius 1 is 1.53 bits per heavy atom. The molecule has 0 radical (unpaired) electrons. The monoisotopic (exact) mass is 320 g/mol. The first-order valence-corrected chi connectivity index (χ1v) is 6.46. The zero-order chi connectivity index (χ0) is 12.6. The van der Waals surface area contributed by atoms with Gasteiger partial charge in [-0.2, -0.15) is 0 Å². The van der Waals surface area contributed by atoms with Crippen LogP contribution in [-0.2, 0) is 0 Å². The molecule has 1 N–H and O–H groups in total. The topological polar surface area (TPSA) is 33.4 Å². The number of halogens is 3. The van der Waals surface area contributed by atoms with Crippen molar-refractivity contribution >= 4 is 38.5 Å². The summed E-state index contributed by atoms with van der Waals surface area (Å²) < 4.78 is 19.8. The predicted octanol–water partition coefficient (Wildman–Crippen LogP) is 4.82. The molecule has 1 atom stereocenters. The first-order chi connectivity index (χ1) is 8.04. The standard InChI is InChI=1S/C12H11BrClFO2/c1-2-3-9(16)10-4-6-11(15)8(14)5-7(13)12(6)17-10/h4-5,9,16H,2-3H2,1H3. The molecule has 0 aliphatic carbocycles. The van der Waals surface area contributed by atoms with E-state index in [1.165, 1.54) is 12.1 Å². The third kappa shape index (κ3) is 2.34. The van der Waals surface area contributed by atoms with E-state index in [9.17, 15) is 9.50 Å². The second-order valence-corrected chi connectivity index (χ2v) is 5.11. The third-order valence-corrected chi connectivity index (χ3v) is 3.42. The van der Waals surface area contributed by atoms with Crippen molar-refractivity contribution in [2.24, 2.45) is 0 Å². The lowest BCUT2D eigenvalue weighted by Gasteiger charge is -2.03. The second-order valence-electron chi connectivity index (χ2n) is 3.85. The second kappa shape index (κ2) is 4.96. The smallest absolute Gasteiger partial charge is 0.152 e. The van der Waals surface area contributed by atoms with Gasteiger partial charge in [0.2, 0.25) is 0 Å². The van der Waals surface area contributed by atoms with Crippen LogP contribution in [0.4, 0.5) is 4.39 Å². The number of hydrogen-bond donors (Lipinski definition) is 1. The SMILES string of the molecule is CCCC(O)c1cc2c(F)c(Cl)cc(Br)c2o1. The van der Waals surface area contributed by atoms with Gasteiger partial charge in [-0.3, -0.25) is 0 Å². The summed E-state index contributed by atoms with van der Waals surface area (Å²) >= 11 is 8.99. The molecule has 17 heavy (non-hydrogen) atoms. The maximum absolute atomic E-state index is 13.7.